The molecule has 8 heteroatoms. The number of amides is 1. The first-order valence-corrected chi connectivity index (χ1v) is 8.75. The van der Waals surface area contributed by atoms with Crippen molar-refractivity contribution in [1.82, 2.24) is 19.7 Å². The predicted molar refractivity (Wildman–Crippen MR) is 94.4 cm³/mol. The standard InChI is InChI=1S/C18H21N5O3/c1-18(2)7-12-10(13(24)8-18)6-11(15(25)19-12)16(26)20-17-22-21-14(23(17)3)9-4-5-9/h6,9H,4-5,7-8H2,1-3H3,(H,19,25)(H,20,22,26). The molecule has 0 aromatic carbocycles. The Morgan fingerprint density at radius 3 is 2.69 bits per heavy atom. The molecule has 4 rings (SSSR count). The summed E-state index contributed by atoms with van der Waals surface area (Å²) >= 11 is 0. The fraction of sp³-hybridized carbons (Fsp3) is 0.500. The number of pyridine rings is 1. The third-order valence-corrected chi connectivity index (χ3v) is 5.04. The third-order valence-electron chi connectivity index (χ3n) is 5.04. The number of hydrogen-bond acceptors (Lipinski definition) is 5. The first-order valence-electron chi connectivity index (χ1n) is 8.75. The van der Waals surface area contributed by atoms with Crippen LogP contribution < -0.4 is 10.9 Å². The highest BCUT2D eigenvalue weighted by Crippen LogP contribution is 2.39. The number of carbonyl (C=O) groups excluding carboxylic acids is 2. The Morgan fingerprint density at radius 2 is 2.00 bits per heavy atom. The third kappa shape index (κ3) is 2.85. The van der Waals surface area contributed by atoms with Crippen LogP contribution in [0.1, 0.15) is 71.3 Å². The molecule has 0 spiro atoms. The van der Waals surface area contributed by atoms with Crippen LogP contribution in [0.2, 0.25) is 0 Å². The molecule has 1 saturated carbocycles. The van der Waals surface area contributed by atoms with E-state index in [0.717, 1.165) is 18.7 Å². The lowest BCUT2D eigenvalue weighted by atomic mass is 9.75. The van der Waals surface area contributed by atoms with Crippen LogP contribution in [0.3, 0.4) is 0 Å². The molecule has 0 unspecified atom stereocenters. The van der Waals surface area contributed by atoms with Crippen LogP contribution in [0.4, 0.5) is 5.95 Å². The average Bonchev–Trinajstić information content (AvgIpc) is 3.31. The highest BCUT2D eigenvalue weighted by Gasteiger charge is 2.33. The van der Waals surface area contributed by atoms with Gasteiger partial charge in [0.1, 0.15) is 11.4 Å². The Kier molecular flexibility index (Phi) is 3.61. The first-order chi connectivity index (χ1) is 12.2. The van der Waals surface area contributed by atoms with Crippen LogP contribution in [-0.4, -0.2) is 31.4 Å². The normalized spacial score (nSPS) is 18.5. The van der Waals surface area contributed by atoms with Gasteiger partial charge >= 0.3 is 0 Å². The molecule has 26 heavy (non-hydrogen) atoms. The first kappa shape index (κ1) is 16.7. The zero-order valence-corrected chi connectivity index (χ0v) is 15.0. The second-order valence-corrected chi connectivity index (χ2v) is 8.01. The topological polar surface area (TPSA) is 110 Å². The number of Topliss-reactive ketones (excluding diaryl/α,β-unsaturated/α-hetero) is 1. The summed E-state index contributed by atoms with van der Waals surface area (Å²) < 4.78 is 1.73. The summed E-state index contributed by atoms with van der Waals surface area (Å²) in [5, 5.41) is 10.7. The molecule has 0 aliphatic heterocycles. The van der Waals surface area contributed by atoms with Crippen molar-refractivity contribution in [3.05, 3.63) is 39.1 Å². The summed E-state index contributed by atoms with van der Waals surface area (Å²) in [4.78, 5) is 40.1. The molecule has 8 nitrogen and oxygen atoms in total. The Labute approximate surface area is 150 Å². The van der Waals surface area contributed by atoms with Crippen molar-refractivity contribution in [3.63, 3.8) is 0 Å². The van der Waals surface area contributed by atoms with E-state index in [0.29, 0.717) is 36.0 Å². The molecule has 1 fully saturated rings. The molecule has 2 heterocycles. The van der Waals surface area contributed by atoms with Crippen molar-refractivity contribution >= 4 is 17.6 Å². The fourth-order valence-corrected chi connectivity index (χ4v) is 3.51. The van der Waals surface area contributed by atoms with Gasteiger partial charge in [0.05, 0.1) is 0 Å². The van der Waals surface area contributed by atoms with E-state index in [1.165, 1.54) is 6.07 Å². The van der Waals surface area contributed by atoms with E-state index >= 15 is 0 Å². The largest absolute Gasteiger partial charge is 0.325 e. The van der Waals surface area contributed by atoms with Crippen LogP contribution in [0.5, 0.6) is 0 Å². The summed E-state index contributed by atoms with van der Waals surface area (Å²) in [5.74, 6) is 0.866. The molecule has 2 aliphatic rings. The molecule has 2 N–H and O–H groups in total. The molecule has 2 aliphatic carbocycles. The number of hydrogen-bond donors (Lipinski definition) is 2. The van der Waals surface area contributed by atoms with Crippen molar-refractivity contribution in [1.29, 1.82) is 0 Å². The number of H-pyrrole nitrogens is 1. The van der Waals surface area contributed by atoms with E-state index in [4.69, 9.17) is 0 Å². The number of aromatic amines is 1. The smallest absolute Gasteiger partial charge is 0.263 e. The number of nitrogens with one attached hydrogen (secondary N) is 2. The van der Waals surface area contributed by atoms with Gasteiger partial charge in [-0.05, 0) is 30.7 Å². The summed E-state index contributed by atoms with van der Waals surface area (Å²) in [7, 11) is 1.78. The van der Waals surface area contributed by atoms with Gasteiger partial charge in [0.15, 0.2) is 5.78 Å². The van der Waals surface area contributed by atoms with Crippen LogP contribution in [-0.2, 0) is 13.5 Å². The van der Waals surface area contributed by atoms with Crippen molar-refractivity contribution in [2.75, 3.05) is 5.32 Å². The maximum Gasteiger partial charge on any atom is 0.263 e. The van der Waals surface area contributed by atoms with Gasteiger partial charge in [-0.2, -0.15) is 0 Å². The lowest BCUT2D eigenvalue weighted by Gasteiger charge is -2.29. The molecule has 2 aromatic rings. The summed E-state index contributed by atoms with van der Waals surface area (Å²) in [6.07, 6.45) is 3.13. The van der Waals surface area contributed by atoms with E-state index < -0.39 is 11.5 Å². The highest BCUT2D eigenvalue weighted by atomic mass is 16.2. The molecular formula is C18H21N5O3. The van der Waals surface area contributed by atoms with Crippen molar-refractivity contribution in [2.24, 2.45) is 12.5 Å². The number of nitrogens with zero attached hydrogens (tertiary/aromatic N) is 3. The minimum atomic E-state index is -0.593. The SMILES string of the molecule is Cn1c(NC(=O)c2cc3c([nH]c2=O)CC(C)(C)CC3=O)nnc1C1CC1. The number of aromatic nitrogens is 4. The van der Waals surface area contributed by atoms with Gasteiger partial charge in [-0.15, -0.1) is 10.2 Å². The highest BCUT2D eigenvalue weighted by molar-refractivity contribution is 6.06. The van der Waals surface area contributed by atoms with Crippen molar-refractivity contribution in [2.45, 2.75) is 45.4 Å². The summed E-state index contributed by atoms with van der Waals surface area (Å²) in [5.41, 5.74) is 0.228. The number of ketones is 1. The second kappa shape index (κ2) is 5.62. The van der Waals surface area contributed by atoms with Gasteiger partial charge in [-0.3, -0.25) is 24.3 Å². The van der Waals surface area contributed by atoms with Gasteiger partial charge in [-0.25, -0.2) is 0 Å². The molecule has 0 atom stereocenters. The molecule has 0 bridgehead atoms. The minimum absolute atomic E-state index is 0.0590. The van der Waals surface area contributed by atoms with Crippen LogP contribution in [0.15, 0.2) is 10.9 Å². The monoisotopic (exact) mass is 355 g/mol. The molecule has 136 valence electrons. The van der Waals surface area contributed by atoms with Gasteiger partial charge < -0.3 is 4.98 Å². The van der Waals surface area contributed by atoms with Crippen molar-refractivity contribution in [3.8, 4) is 0 Å². The quantitative estimate of drug-likeness (QED) is 0.872. The zero-order chi connectivity index (χ0) is 18.6. The number of anilines is 1. The van der Waals surface area contributed by atoms with E-state index in [1.807, 2.05) is 13.8 Å². The maximum atomic E-state index is 12.6. The van der Waals surface area contributed by atoms with E-state index in [2.05, 4.69) is 20.5 Å². The van der Waals surface area contributed by atoms with Gasteiger partial charge in [-0.1, -0.05) is 13.8 Å². The maximum absolute atomic E-state index is 12.6. The fourth-order valence-electron chi connectivity index (χ4n) is 3.51. The number of rotatable bonds is 3. The molecule has 0 radical (unpaired) electrons. The Hall–Kier alpha value is -2.77. The summed E-state index contributed by atoms with van der Waals surface area (Å²) in [6, 6.07) is 1.40. The van der Waals surface area contributed by atoms with Gasteiger partial charge in [0.25, 0.3) is 11.5 Å². The lowest BCUT2D eigenvalue weighted by molar-refractivity contribution is 0.0910. The van der Waals surface area contributed by atoms with Gasteiger partial charge in [0, 0.05) is 30.6 Å². The second-order valence-electron chi connectivity index (χ2n) is 8.01. The number of fused-ring (bicyclic) bond motifs is 1. The van der Waals surface area contributed by atoms with Crippen molar-refractivity contribution < 1.29 is 9.59 Å². The summed E-state index contributed by atoms with van der Waals surface area (Å²) in [6.45, 7) is 3.97. The zero-order valence-electron chi connectivity index (χ0n) is 15.0. The van der Waals surface area contributed by atoms with Crippen LogP contribution >= 0.6 is 0 Å². The molecule has 2 aromatic heterocycles. The molecule has 0 saturated heterocycles. The van der Waals surface area contributed by atoms with Crippen LogP contribution in [0.25, 0.3) is 0 Å². The lowest BCUT2D eigenvalue weighted by Crippen LogP contribution is -2.33. The van der Waals surface area contributed by atoms with E-state index in [-0.39, 0.29) is 16.8 Å². The average molecular weight is 355 g/mol. The van der Waals surface area contributed by atoms with E-state index in [1.54, 1.807) is 11.6 Å². The minimum Gasteiger partial charge on any atom is -0.325 e. The number of carbonyl (C=O) groups is 2. The Bertz CT molecular complexity index is 981. The molecule has 1 amide bonds. The Balaban J connectivity index is 1.64. The predicted octanol–water partition coefficient (Wildman–Crippen LogP) is 1.79. The van der Waals surface area contributed by atoms with Crippen LogP contribution in [0, 0.1) is 5.41 Å². The molecular weight excluding hydrogens is 334 g/mol. The van der Waals surface area contributed by atoms with E-state index in [9.17, 15) is 14.4 Å². The Morgan fingerprint density at radius 1 is 1.27 bits per heavy atom. The van der Waals surface area contributed by atoms with Gasteiger partial charge in [0.2, 0.25) is 5.95 Å².